The third kappa shape index (κ3) is 3.45. The van der Waals surface area contributed by atoms with Crippen molar-refractivity contribution in [3.8, 4) is 5.75 Å². The number of aliphatic imine (C=N–C) groups is 1. The van der Waals surface area contributed by atoms with E-state index >= 15 is 0 Å². The predicted octanol–water partition coefficient (Wildman–Crippen LogP) is 2.35. The molecule has 0 aromatic heterocycles. The van der Waals surface area contributed by atoms with Crippen LogP contribution in [0, 0.1) is 11.8 Å². The topological polar surface area (TPSA) is 76.0 Å². The Morgan fingerprint density at radius 2 is 1.96 bits per heavy atom. The maximum atomic E-state index is 12.5. The fourth-order valence-corrected chi connectivity index (χ4v) is 9.32. The molecule has 1 aromatic rings. The standard InChI is InChI=1S/C20H24N2O4S2/c23-19(10-26-15-4-2-1-3-5-15)21-20-22(16-9-13-6-7-14(16)8-13)17-11-28(24,25)12-18(17)27-20/h1-5,13-14,16-18H,6-12H2/t13-,14-,16-,17-,18+/m1/s1. The Morgan fingerprint density at radius 3 is 2.68 bits per heavy atom. The van der Waals surface area contributed by atoms with Crippen molar-refractivity contribution in [3.63, 3.8) is 0 Å². The molecule has 2 saturated heterocycles. The third-order valence-electron chi connectivity index (χ3n) is 6.49. The molecule has 0 spiro atoms. The van der Waals surface area contributed by atoms with Crippen molar-refractivity contribution in [1.29, 1.82) is 0 Å². The Hall–Kier alpha value is -1.54. The van der Waals surface area contributed by atoms with Crippen molar-refractivity contribution >= 4 is 32.7 Å². The van der Waals surface area contributed by atoms with Crippen LogP contribution in [0.15, 0.2) is 35.3 Å². The largest absolute Gasteiger partial charge is 0.484 e. The summed E-state index contributed by atoms with van der Waals surface area (Å²) in [4.78, 5) is 19.1. The number of fused-ring (bicyclic) bond motifs is 3. The van der Waals surface area contributed by atoms with E-state index in [-0.39, 0.29) is 35.3 Å². The molecule has 8 heteroatoms. The number of carbonyl (C=O) groups excluding carboxylic acids is 1. The number of nitrogens with zero attached hydrogens (tertiary/aromatic N) is 2. The number of benzene rings is 1. The molecule has 0 unspecified atom stereocenters. The maximum Gasteiger partial charge on any atom is 0.285 e. The highest BCUT2D eigenvalue weighted by atomic mass is 32.2. The Bertz CT molecular complexity index is 902. The van der Waals surface area contributed by atoms with Gasteiger partial charge in [0.15, 0.2) is 21.6 Å². The van der Waals surface area contributed by atoms with Gasteiger partial charge in [-0.05, 0) is 43.2 Å². The number of amides is 1. The normalized spacial score (nSPS) is 36.8. The Labute approximate surface area is 169 Å². The van der Waals surface area contributed by atoms with Crippen LogP contribution in [0.5, 0.6) is 5.75 Å². The monoisotopic (exact) mass is 420 g/mol. The quantitative estimate of drug-likeness (QED) is 0.744. The second kappa shape index (κ2) is 7.06. The lowest BCUT2D eigenvalue weighted by molar-refractivity contribution is -0.119. The van der Waals surface area contributed by atoms with Gasteiger partial charge in [-0.2, -0.15) is 4.99 Å². The van der Waals surface area contributed by atoms with Gasteiger partial charge in [-0.1, -0.05) is 36.4 Å². The van der Waals surface area contributed by atoms with Crippen LogP contribution < -0.4 is 4.74 Å². The van der Waals surface area contributed by atoms with E-state index in [0.717, 1.165) is 12.3 Å². The van der Waals surface area contributed by atoms with Crippen molar-refractivity contribution in [2.45, 2.75) is 43.0 Å². The number of amidine groups is 1. The van der Waals surface area contributed by atoms with Gasteiger partial charge in [0.2, 0.25) is 0 Å². The first kappa shape index (κ1) is 18.5. The molecule has 2 bridgehead atoms. The van der Waals surface area contributed by atoms with E-state index < -0.39 is 9.84 Å². The molecule has 28 heavy (non-hydrogen) atoms. The number of sulfone groups is 1. The summed E-state index contributed by atoms with van der Waals surface area (Å²) < 4.78 is 29.9. The molecular formula is C20H24N2O4S2. The van der Waals surface area contributed by atoms with Gasteiger partial charge in [-0.3, -0.25) is 4.79 Å². The van der Waals surface area contributed by atoms with Gasteiger partial charge in [0, 0.05) is 11.3 Å². The molecule has 2 aliphatic heterocycles. The average Bonchev–Trinajstić information content (AvgIpc) is 3.40. The minimum absolute atomic E-state index is 0.00859. The van der Waals surface area contributed by atoms with Crippen LogP contribution in [-0.2, 0) is 14.6 Å². The minimum atomic E-state index is -3.01. The van der Waals surface area contributed by atoms with Gasteiger partial charge in [-0.15, -0.1) is 0 Å². The van der Waals surface area contributed by atoms with Crippen LogP contribution in [0.4, 0.5) is 0 Å². The second-order valence-corrected chi connectivity index (χ2v) is 11.7. The highest BCUT2D eigenvalue weighted by molar-refractivity contribution is 8.15. The van der Waals surface area contributed by atoms with Crippen LogP contribution in [0.1, 0.15) is 25.7 Å². The van der Waals surface area contributed by atoms with Crippen molar-refractivity contribution in [3.05, 3.63) is 30.3 Å². The molecule has 2 aliphatic carbocycles. The first-order chi connectivity index (χ1) is 13.5. The zero-order valence-electron chi connectivity index (χ0n) is 15.6. The fraction of sp³-hybridized carbons (Fsp3) is 0.600. The number of thioether (sulfide) groups is 1. The summed E-state index contributed by atoms with van der Waals surface area (Å²) in [6.45, 7) is -0.105. The first-order valence-electron chi connectivity index (χ1n) is 9.93. The number of rotatable bonds is 4. The van der Waals surface area contributed by atoms with Crippen LogP contribution in [-0.4, -0.2) is 59.8 Å². The van der Waals surface area contributed by atoms with E-state index in [9.17, 15) is 13.2 Å². The lowest BCUT2D eigenvalue weighted by Crippen LogP contribution is -2.47. The van der Waals surface area contributed by atoms with Gasteiger partial charge in [0.05, 0.1) is 17.5 Å². The SMILES string of the molecule is O=C(COc1ccccc1)N=C1S[C@H]2CS(=O)(=O)C[C@H]2N1[C@@H]1C[C@@H]2CC[C@@H]1C2. The van der Waals surface area contributed by atoms with Gasteiger partial charge in [0.1, 0.15) is 5.75 Å². The molecule has 4 fully saturated rings. The van der Waals surface area contributed by atoms with Crippen molar-refractivity contribution in [1.82, 2.24) is 4.90 Å². The van der Waals surface area contributed by atoms with Gasteiger partial charge < -0.3 is 9.64 Å². The van der Waals surface area contributed by atoms with Crippen LogP contribution in [0.25, 0.3) is 0 Å². The number of hydrogen-bond donors (Lipinski definition) is 0. The van der Waals surface area contributed by atoms with Gasteiger partial charge in [0.25, 0.3) is 5.91 Å². The molecule has 5 rings (SSSR count). The number of hydrogen-bond acceptors (Lipinski definition) is 5. The second-order valence-electron chi connectivity index (χ2n) is 8.34. The summed E-state index contributed by atoms with van der Waals surface area (Å²) in [5.41, 5.74) is 0. The van der Waals surface area contributed by atoms with E-state index in [1.165, 1.54) is 31.0 Å². The lowest BCUT2D eigenvalue weighted by Gasteiger charge is -2.36. The molecule has 5 atom stereocenters. The fourth-order valence-electron chi connectivity index (χ4n) is 5.33. The zero-order chi connectivity index (χ0) is 19.3. The molecule has 6 nitrogen and oxygen atoms in total. The summed E-state index contributed by atoms with van der Waals surface area (Å²) in [6, 6.07) is 9.51. The molecule has 1 amide bonds. The van der Waals surface area contributed by atoms with Gasteiger partial charge in [-0.25, -0.2) is 8.42 Å². The number of ether oxygens (including phenoxy) is 1. The van der Waals surface area contributed by atoms with Crippen molar-refractivity contribution in [2.24, 2.45) is 16.8 Å². The molecule has 0 radical (unpaired) electrons. The van der Waals surface area contributed by atoms with Crippen LogP contribution in [0.2, 0.25) is 0 Å². The van der Waals surface area contributed by atoms with E-state index in [1.807, 2.05) is 30.3 Å². The van der Waals surface area contributed by atoms with E-state index in [2.05, 4.69) is 9.89 Å². The Morgan fingerprint density at radius 1 is 1.14 bits per heavy atom. The molecule has 1 aromatic carbocycles. The molecule has 4 aliphatic rings. The van der Waals surface area contributed by atoms with E-state index in [4.69, 9.17) is 4.74 Å². The highest BCUT2D eigenvalue weighted by Crippen LogP contribution is 2.51. The van der Waals surface area contributed by atoms with Crippen molar-refractivity contribution < 1.29 is 17.9 Å². The zero-order valence-corrected chi connectivity index (χ0v) is 17.2. The molecular weight excluding hydrogens is 396 g/mol. The Balaban J connectivity index is 1.35. The van der Waals surface area contributed by atoms with Crippen LogP contribution in [0.3, 0.4) is 0 Å². The predicted molar refractivity (Wildman–Crippen MR) is 109 cm³/mol. The van der Waals surface area contributed by atoms with Gasteiger partial charge >= 0.3 is 0 Å². The summed E-state index contributed by atoms with van der Waals surface area (Å²) in [5, 5.41) is 0.704. The van der Waals surface area contributed by atoms with Crippen LogP contribution >= 0.6 is 11.8 Å². The summed E-state index contributed by atoms with van der Waals surface area (Å²) in [6.07, 6.45) is 4.82. The van der Waals surface area contributed by atoms with E-state index in [0.29, 0.717) is 22.9 Å². The molecule has 2 saturated carbocycles. The average molecular weight is 421 g/mol. The highest BCUT2D eigenvalue weighted by Gasteiger charge is 2.54. The lowest BCUT2D eigenvalue weighted by atomic mass is 9.93. The molecule has 2 heterocycles. The molecule has 150 valence electrons. The molecule has 0 N–H and O–H groups in total. The van der Waals surface area contributed by atoms with Crippen molar-refractivity contribution in [2.75, 3.05) is 18.1 Å². The summed E-state index contributed by atoms with van der Waals surface area (Å²) >= 11 is 1.48. The smallest absolute Gasteiger partial charge is 0.285 e. The summed E-state index contributed by atoms with van der Waals surface area (Å²) in [5.74, 6) is 2.05. The Kier molecular flexibility index (Phi) is 4.66. The number of para-hydroxylation sites is 1. The number of carbonyl (C=O) groups is 1. The maximum absolute atomic E-state index is 12.5. The third-order valence-corrected chi connectivity index (χ3v) is 9.71. The van der Waals surface area contributed by atoms with E-state index in [1.54, 1.807) is 0 Å². The summed E-state index contributed by atoms with van der Waals surface area (Å²) in [7, 11) is -3.01. The minimum Gasteiger partial charge on any atom is -0.484 e. The first-order valence-corrected chi connectivity index (χ1v) is 12.6.